The minimum Gasteiger partial charge on any atom is -0.377 e. The Morgan fingerprint density at radius 2 is 2.08 bits per heavy atom. The topological polar surface area (TPSA) is 73.7 Å². The molecule has 3 heterocycles. The summed E-state index contributed by atoms with van der Waals surface area (Å²) in [5, 5.41) is 0.489. The number of fused-ring (bicyclic) bond motifs is 1. The van der Waals surface area contributed by atoms with Crippen molar-refractivity contribution in [2.24, 2.45) is 0 Å². The molecule has 24 heavy (non-hydrogen) atoms. The van der Waals surface area contributed by atoms with E-state index in [1.807, 2.05) is 6.07 Å². The number of rotatable bonds is 2. The van der Waals surface area contributed by atoms with Crippen molar-refractivity contribution in [1.29, 1.82) is 0 Å². The van der Waals surface area contributed by atoms with Crippen molar-refractivity contribution >= 4 is 32.7 Å². The summed E-state index contributed by atoms with van der Waals surface area (Å²) in [6, 6.07) is 5.33. The van der Waals surface area contributed by atoms with Gasteiger partial charge < -0.3 is 14.4 Å². The van der Waals surface area contributed by atoms with Gasteiger partial charge in [0.15, 0.2) is 0 Å². The van der Waals surface area contributed by atoms with Crippen LogP contribution < -0.4 is 5.56 Å². The zero-order valence-electron chi connectivity index (χ0n) is 12.9. The molecule has 2 aromatic rings. The molecule has 0 atom stereocenters. The third-order valence-corrected chi connectivity index (χ3v) is 5.03. The molecule has 1 aromatic carbocycles. The Bertz CT molecular complexity index is 862. The first-order valence-corrected chi connectivity index (χ1v) is 8.49. The van der Waals surface area contributed by atoms with Crippen molar-refractivity contribution in [3.8, 4) is 0 Å². The van der Waals surface area contributed by atoms with Crippen LogP contribution in [0.25, 0.3) is 10.9 Å². The maximum atomic E-state index is 12.7. The van der Waals surface area contributed by atoms with Gasteiger partial charge in [0.2, 0.25) is 5.91 Å². The maximum Gasteiger partial charge on any atom is 0.261 e. The Hall–Kier alpha value is -1.77. The van der Waals surface area contributed by atoms with Crippen LogP contribution in [0, 0.1) is 0 Å². The average Bonchev–Trinajstić information content (AvgIpc) is 2.56. The van der Waals surface area contributed by atoms with Crippen LogP contribution in [0.3, 0.4) is 0 Å². The molecular weight excluding hydrogens is 378 g/mol. The Labute approximate surface area is 146 Å². The van der Waals surface area contributed by atoms with Crippen LogP contribution >= 0.6 is 15.9 Å². The fraction of sp³-hybridized carbons (Fsp3) is 0.438. The first kappa shape index (κ1) is 15.7. The monoisotopic (exact) mass is 393 g/mol. The molecule has 0 saturated carbocycles. The lowest BCUT2D eigenvalue weighted by Gasteiger charge is -2.51. The van der Waals surface area contributed by atoms with Gasteiger partial charge in [-0.1, -0.05) is 15.9 Å². The predicted octanol–water partition coefficient (Wildman–Crippen LogP) is 0.787. The summed E-state index contributed by atoms with van der Waals surface area (Å²) in [7, 11) is 0. The molecule has 4 rings (SSSR count). The number of carbonyl (C=O) groups excluding carboxylic acids is 1. The summed E-state index contributed by atoms with van der Waals surface area (Å²) in [5.41, 5.74) is 0.0237. The molecule has 7 nitrogen and oxygen atoms in total. The number of halogens is 1. The van der Waals surface area contributed by atoms with Gasteiger partial charge in [-0.05, 0) is 18.2 Å². The standard InChI is InChI=1S/C16H16BrN3O4/c17-11-1-2-13-12(5-11)15(22)19(10-18-13)6-14(21)20-3-4-23-7-16(20)8-24-9-16/h1-2,5,10H,3-4,6-9H2. The number of hydrogen-bond acceptors (Lipinski definition) is 5. The van der Waals surface area contributed by atoms with E-state index in [0.29, 0.717) is 43.9 Å². The van der Waals surface area contributed by atoms with E-state index in [2.05, 4.69) is 20.9 Å². The summed E-state index contributed by atoms with van der Waals surface area (Å²) < 4.78 is 12.9. The lowest BCUT2D eigenvalue weighted by atomic mass is 9.94. The molecular formula is C16H16BrN3O4. The molecule has 2 aliphatic rings. The van der Waals surface area contributed by atoms with E-state index in [0.717, 1.165) is 4.47 Å². The van der Waals surface area contributed by atoms with Crippen LogP contribution in [-0.2, 0) is 20.8 Å². The predicted molar refractivity (Wildman–Crippen MR) is 89.8 cm³/mol. The van der Waals surface area contributed by atoms with Gasteiger partial charge in [0, 0.05) is 11.0 Å². The number of carbonyl (C=O) groups is 1. The van der Waals surface area contributed by atoms with Crippen LogP contribution in [-0.4, -0.2) is 58.9 Å². The summed E-state index contributed by atoms with van der Waals surface area (Å²) in [6.07, 6.45) is 1.43. The molecule has 1 aromatic heterocycles. The summed E-state index contributed by atoms with van der Waals surface area (Å²) in [6.45, 7) is 2.44. The van der Waals surface area contributed by atoms with Crippen molar-refractivity contribution in [2.45, 2.75) is 12.1 Å². The average molecular weight is 394 g/mol. The summed E-state index contributed by atoms with van der Waals surface area (Å²) in [5.74, 6) is -0.111. The number of amides is 1. The molecule has 0 N–H and O–H groups in total. The van der Waals surface area contributed by atoms with Crippen molar-refractivity contribution in [2.75, 3.05) is 33.0 Å². The Kier molecular flexibility index (Phi) is 3.90. The Morgan fingerprint density at radius 1 is 1.29 bits per heavy atom. The van der Waals surface area contributed by atoms with Crippen LogP contribution in [0.2, 0.25) is 0 Å². The van der Waals surface area contributed by atoms with Crippen LogP contribution in [0.15, 0.2) is 33.8 Å². The van der Waals surface area contributed by atoms with Crippen molar-refractivity contribution in [1.82, 2.24) is 14.5 Å². The van der Waals surface area contributed by atoms with Gasteiger partial charge in [0.1, 0.15) is 12.1 Å². The quantitative estimate of drug-likeness (QED) is 0.753. The Morgan fingerprint density at radius 3 is 2.83 bits per heavy atom. The highest BCUT2D eigenvalue weighted by molar-refractivity contribution is 9.10. The van der Waals surface area contributed by atoms with Gasteiger partial charge in [-0.25, -0.2) is 4.98 Å². The normalized spacial score (nSPS) is 19.5. The van der Waals surface area contributed by atoms with Crippen LogP contribution in [0.1, 0.15) is 0 Å². The van der Waals surface area contributed by atoms with Crippen molar-refractivity contribution in [3.63, 3.8) is 0 Å². The third kappa shape index (κ3) is 2.54. The molecule has 2 saturated heterocycles. The summed E-state index contributed by atoms with van der Waals surface area (Å²) in [4.78, 5) is 31.4. The molecule has 0 unspecified atom stereocenters. The third-order valence-electron chi connectivity index (χ3n) is 4.54. The second-order valence-corrected chi connectivity index (χ2v) is 7.07. The first-order chi connectivity index (χ1) is 11.6. The lowest BCUT2D eigenvalue weighted by molar-refractivity contribution is -0.202. The van der Waals surface area contributed by atoms with E-state index >= 15 is 0 Å². The number of aromatic nitrogens is 2. The second-order valence-electron chi connectivity index (χ2n) is 6.15. The van der Waals surface area contributed by atoms with Crippen molar-refractivity contribution in [3.05, 3.63) is 39.4 Å². The highest BCUT2D eigenvalue weighted by Crippen LogP contribution is 2.28. The maximum absolute atomic E-state index is 12.7. The zero-order valence-corrected chi connectivity index (χ0v) is 14.5. The largest absolute Gasteiger partial charge is 0.377 e. The van der Waals surface area contributed by atoms with E-state index in [-0.39, 0.29) is 23.6 Å². The van der Waals surface area contributed by atoms with Crippen molar-refractivity contribution < 1.29 is 14.3 Å². The number of benzene rings is 1. The van der Waals surface area contributed by atoms with Gasteiger partial charge in [0.25, 0.3) is 5.56 Å². The molecule has 0 radical (unpaired) electrons. The van der Waals surface area contributed by atoms with E-state index in [1.54, 1.807) is 17.0 Å². The van der Waals surface area contributed by atoms with E-state index < -0.39 is 0 Å². The molecule has 0 bridgehead atoms. The van der Waals surface area contributed by atoms with Gasteiger partial charge in [0.05, 0.1) is 43.7 Å². The second kappa shape index (κ2) is 5.94. The minimum atomic E-state index is -0.369. The highest BCUT2D eigenvalue weighted by Gasteiger charge is 2.48. The molecule has 8 heteroatoms. The molecule has 2 fully saturated rings. The van der Waals surface area contributed by atoms with Gasteiger partial charge in [-0.15, -0.1) is 0 Å². The number of morpholine rings is 1. The number of ether oxygens (including phenoxy) is 2. The van der Waals surface area contributed by atoms with Gasteiger partial charge in [-0.2, -0.15) is 0 Å². The molecule has 2 aliphatic heterocycles. The van der Waals surface area contributed by atoms with Crippen LogP contribution in [0.4, 0.5) is 0 Å². The van der Waals surface area contributed by atoms with E-state index in [4.69, 9.17) is 9.47 Å². The first-order valence-electron chi connectivity index (χ1n) is 7.70. The highest BCUT2D eigenvalue weighted by atomic mass is 79.9. The minimum absolute atomic E-state index is 0.0317. The smallest absolute Gasteiger partial charge is 0.261 e. The Balaban J connectivity index is 1.63. The fourth-order valence-electron chi connectivity index (χ4n) is 3.17. The van der Waals surface area contributed by atoms with Crippen LogP contribution in [0.5, 0.6) is 0 Å². The SMILES string of the molecule is O=C(Cn1cnc2ccc(Br)cc2c1=O)N1CCOCC12COC2. The van der Waals surface area contributed by atoms with Gasteiger partial charge in [-0.3, -0.25) is 14.2 Å². The number of hydrogen-bond donors (Lipinski definition) is 0. The van der Waals surface area contributed by atoms with Gasteiger partial charge >= 0.3 is 0 Å². The zero-order chi connectivity index (χ0) is 16.7. The molecule has 1 amide bonds. The van der Waals surface area contributed by atoms with E-state index in [9.17, 15) is 9.59 Å². The molecule has 126 valence electrons. The fourth-order valence-corrected chi connectivity index (χ4v) is 3.54. The molecule has 0 aliphatic carbocycles. The summed E-state index contributed by atoms with van der Waals surface area (Å²) >= 11 is 3.36. The number of nitrogens with zero attached hydrogens (tertiary/aromatic N) is 3. The lowest BCUT2D eigenvalue weighted by Crippen LogP contribution is -2.69. The van der Waals surface area contributed by atoms with E-state index in [1.165, 1.54) is 10.9 Å². The molecule has 1 spiro atoms.